The minimum absolute atomic E-state index is 0.139. The Balaban J connectivity index is 0.000000143. The first-order valence-electron chi connectivity index (χ1n) is 42.9. The Kier molecular flexibility index (Phi) is 17.3. The molecule has 16 aromatic carbocycles. The van der Waals surface area contributed by atoms with Crippen LogP contribution in [-0.4, -0.2) is 49.1 Å². The maximum Gasteiger partial charge on any atom is 0.164 e. The van der Waals surface area contributed by atoms with Gasteiger partial charge in [0.15, 0.2) is 34.9 Å². The third-order valence-corrected chi connectivity index (χ3v) is 25.8. The molecular formula is C116H76N10. The minimum atomic E-state index is -0.479. The molecule has 126 heavy (non-hydrogen) atoms. The fraction of sp³-hybridized carbons (Fsp3) is 0.0345. The highest BCUT2D eigenvalue weighted by Crippen LogP contribution is 2.63. The molecule has 0 unspecified atom stereocenters. The third kappa shape index (κ3) is 11.9. The van der Waals surface area contributed by atoms with E-state index in [1.165, 1.54) is 66.8 Å². The van der Waals surface area contributed by atoms with Crippen molar-refractivity contribution in [3.8, 4) is 169 Å². The summed E-state index contributed by atoms with van der Waals surface area (Å²) in [6.07, 6.45) is 0. The fourth-order valence-corrected chi connectivity index (χ4v) is 19.9. The van der Waals surface area contributed by atoms with Gasteiger partial charge in [-0.1, -0.05) is 414 Å². The van der Waals surface area contributed by atoms with Gasteiger partial charge in [0.2, 0.25) is 0 Å². The third-order valence-electron chi connectivity index (χ3n) is 25.8. The van der Waals surface area contributed by atoms with Crippen LogP contribution in [0.5, 0.6) is 0 Å². The zero-order chi connectivity index (χ0) is 83.6. The molecule has 6 heterocycles. The van der Waals surface area contributed by atoms with Gasteiger partial charge in [-0.15, -0.1) is 0 Å². The van der Waals surface area contributed by atoms with Crippen LogP contribution < -0.4 is 0 Å². The van der Waals surface area contributed by atoms with Crippen molar-refractivity contribution >= 4 is 32.6 Å². The minimum Gasteiger partial charge on any atom is -0.231 e. The number of hydrogen-bond acceptors (Lipinski definition) is 8. The van der Waals surface area contributed by atoms with Crippen LogP contribution in [-0.2, 0) is 10.8 Å². The molecule has 0 amide bonds. The number of pyridine rings is 2. The molecule has 1 spiro atoms. The Hall–Kier alpha value is -16.6. The first-order chi connectivity index (χ1) is 62.2. The van der Waals surface area contributed by atoms with Crippen LogP contribution in [0.15, 0.2) is 425 Å². The summed E-state index contributed by atoms with van der Waals surface area (Å²) in [5.41, 5.74) is 35.0. The van der Waals surface area contributed by atoms with Crippen LogP contribution in [0.4, 0.5) is 0 Å². The lowest BCUT2D eigenvalue weighted by Gasteiger charge is -2.30. The molecular weight excluding hydrogens is 1530 g/mol. The van der Waals surface area contributed by atoms with Gasteiger partial charge >= 0.3 is 0 Å². The zero-order valence-corrected chi connectivity index (χ0v) is 68.9. The molecule has 10 nitrogen and oxygen atoms in total. The highest BCUT2D eigenvalue weighted by molar-refractivity contribution is 6.11. The van der Waals surface area contributed by atoms with Crippen molar-refractivity contribution in [2.45, 2.75) is 24.7 Å². The first kappa shape index (κ1) is 73.4. The molecule has 0 N–H and O–H groups in total. The summed E-state index contributed by atoms with van der Waals surface area (Å²) in [6, 6.07) is 150. The highest BCUT2D eigenvalue weighted by atomic mass is 15.2. The summed E-state index contributed by atoms with van der Waals surface area (Å²) in [5, 5.41) is 15.4. The van der Waals surface area contributed by atoms with Crippen LogP contribution in [0.1, 0.15) is 47.2 Å². The highest BCUT2D eigenvalue weighted by Gasteiger charge is 2.52. The fourth-order valence-electron chi connectivity index (χ4n) is 19.9. The predicted octanol–water partition coefficient (Wildman–Crippen LogP) is 28.0. The van der Waals surface area contributed by atoms with Crippen molar-refractivity contribution in [1.29, 1.82) is 0 Å². The number of fused-ring (bicyclic) bond motifs is 19. The second-order valence-corrected chi connectivity index (χ2v) is 33.2. The molecule has 22 aromatic rings. The van der Waals surface area contributed by atoms with E-state index in [1.807, 2.05) is 42.5 Å². The van der Waals surface area contributed by atoms with Gasteiger partial charge in [0.05, 0.1) is 27.8 Å². The van der Waals surface area contributed by atoms with E-state index in [0.717, 1.165) is 133 Å². The predicted molar refractivity (Wildman–Crippen MR) is 511 cm³/mol. The van der Waals surface area contributed by atoms with Crippen molar-refractivity contribution in [3.63, 3.8) is 0 Å². The largest absolute Gasteiger partial charge is 0.231 e. The van der Waals surface area contributed by atoms with Crippen molar-refractivity contribution in [3.05, 3.63) is 458 Å². The quantitative estimate of drug-likeness (QED) is 0.119. The van der Waals surface area contributed by atoms with E-state index >= 15 is 0 Å². The molecule has 6 aromatic heterocycles. The van der Waals surface area contributed by atoms with Crippen molar-refractivity contribution in [2.75, 3.05) is 0 Å². The first-order valence-corrected chi connectivity index (χ1v) is 42.9. The smallest absolute Gasteiger partial charge is 0.164 e. The zero-order valence-electron chi connectivity index (χ0n) is 68.9. The van der Waals surface area contributed by atoms with Gasteiger partial charge in [-0.2, -0.15) is 10.2 Å². The molecule has 0 fully saturated rings. The van der Waals surface area contributed by atoms with Crippen LogP contribution in [0.2, 0.25) is 0 Å². The standard InChI is InChI=1S/C63H39N5.C53H37N5/c1-4-18-40(19-5-1)56-39-45-24-10-11-25-47(45)59-57(58(67-68(56)59)42-20-6-2-7-21-42)41-32-34-44(35-33-41)61-64-60(43-22-8-3-9-23-43)65-62(66-61)46-36-37-51-50-28-14-17-31-54(50)63(55(51)38-46)52-29-15-12-26-48(52)49-27-13-16-30-53(49)63;1-53(2)44-25-15-14-24-42(44)43-31-30-40(32-45(43)53)52-55-50(37-20-10-5-11-21-37)54-51(56-52)38-28-26-35(27-29-38)47-48(36-18-8-4-9-19-36)57-58-46(34-16-6-3-7-17-34)33-39-22-12-13-23-41(39)49(47)58/h1-39H;3-33H,1-2H3. The summed E-state index contributed by atoms with van der Waals surface area (Å²) < 4.78 is 4.26. The summed E-state index contributed by atoms with van der Waals surface area (Å²) >= 11 is 0. The summed E-state index contributed by atoms with van der Waals surface area (Å²) in [4.78, 5) is 31.1. The van der Waals surface area contributed by atoms with Crippen molar-refractivity contribution < 1.29 is 0 Å². The molecule has 25 rings (SSSR count). The number of rotatable bonds is 12. The van der Waals surface area contributed by atoms with Gasteiger partial charge in [-0.3, -0.25) is 0 Å². The lowest BCUT2D eigenvalue weighted by molar-refractivity contribution is 0.660. The van der Waals surface area contributed by atoms with Gasteiger partial charge in [0.25, 0.3) is 0 Å². The summed E-state index contributed by atoms with van der Waals surface area (Å²) in [6.45, 7) is 4.60. The number of aromatic nitrogens is 10. The van der Waals surface area contributed by atoms with E-state index < -0.39 is 5.41 Å². The Morgan fingerprint density at radius 1 is 0.198 bits per heavy atom. The van der Waals surface area contributed by atoms with E-state index in [0.29, 0.717) is 34.9 Å². The molecule has 0 saturated carbocycles. The van der Waals surface area contributed by atoms with Crippen LogP contribution in [0, 0.1) is 0 Å². The molecule has 0 atom stereocenters. The van der Waals surface area contributed by atoms with E-state index in [-0.39, 0.29) is 5.41 Å². The normalized spacial score (nSPS) is 12.8. The second-order valence-electron chi connectivity index (χ2n) is 33.2. The molecule has 0 bridgehead atoms. The SMILES string of the molecule is CC1(C)c2ccccc2-c2ccc(-c3nc(-c4ccccc4)nc(-c4ccc(-c5c(-c6ccccc6)nn6c(-c7ccccc7)cc7ccccc7c56)cc4)n3)cc21.c1ccc(-c2nc(-c3ccc(-c4c(-c5ccccc5)nn5c(-c6ccccc6)cc6ccccc6c45)cc3)nc(-c3ccc4c(c3)C3(c5ccccc5-c5ccccc53)c3ccccc3-4)n2)cc1. The molecule has 0 saturated heterocycles. The number of hydrogen-bond donors (Lipinski definition) is 0. The molecule has 3 aliphatic rings. The Bertz CT molecular complexity index is 8010. The Morgan fingerprint density at radius 2 is 0.460 bits per heavy atom. The molecule has 0 aliphatic heterocycles. The van der Waals surface area contributed by atoms with Crippen molar-refractivity contribution in [1.82, 2.24) is 49.1 Å². The van der Waals surface area contributed by atoms with E-state index in [4.69, 9.17) is 40.1 Å². The van der Waals surface area contributed by atoms with E-state index in [1.54, 1.807) is 0 Å². The lowest BCUT2D eigenvalue weighted by Crippen LogP contribution is -2.25. The van der Waals surface area contributed by atoms with E-state index in [9.17, 15) is 0 Å². The van der Waals surface area contributed by atoms with Gasteiger partial charge in [-0.25, -0.2) is 38.9 Å². The van der Waals surface area contributed by atoms with Gasteiger partial charge in [-0.05, 0) is 113 Å². The van der Waals surface area contributed by atoms with Crippen LogP contribution in [0.3, 0.4) is 0 Å². The number of nitrogens with zero attached hydrogens (tertiary/aromatic N) is 10. The topological polar surface area (TPSA) is 112 Å². The van der Waals surface area contributed by atoms with Crippen LogP contribution in [0.25, 0.3) is 202 Å². The maximum atomic E-state index is 5.43. The van der Waals surface area contributed by atoms with Gasteiger partial charge in [0, 0.05) is 82.9 Å². The van der Waals surface area contributed by atoms with Gasteiger partial charge < -0.3 is 0 Å². The maximum absolute atomic E-state index is 5.43. The van der Waals surface area contributed by atoms with Crippen LogP contribution >= 0.6 is 0 Å². The number of benzene rings is 16. The average molecular weight is 1610 g/mol. The second kappa shape index (κ2) is 29.7. The van der Waals surface area contributed by atoms with Gasteiger partial charge in [0.1, 0.15) is 11.4 Å². The molecule has 0 radical (unpaired) electrons. The van der Waals surface area contributed by atoms with E-state index in [2.05, 4.69) is 405 Å². The molecule has 10 heteroatoms. The molecule has 590 valence electrons. The Labute approximate surface area is 728 Å². The molecule has 3 aliphatic carbocycles. The Morgan fingerprint density at radius 3 is 0.841 bits per heavy atom. The van der Waals surface area contributed by atoms with Crippen molar-refractivity contribution in [2.24, 2.45) is 0 Å². The summed E-state index contributed by atoms with van der Waals surface area (Å²) in [5.74, 6) is 3.77. The summed E-state index contributed by atoms with van der Waals surface area (Å²) in [7, 11) is 0. The monoisotopic (exact) mass is 1610 g/mol. The lowest BCUT2D eigenvalue weighted by atomic mass is 9.70. The average Bonchev–Trinajstić information content (AvgIpc) is 1.51.